The molecule has 1 atom stereocenters. The van der Waals surface area contributed by atoms with Gasteiger partial charge in [0, 0.05) is 19.8 Å². The molecule has 0 aliphatic rings. The highest BCUT2D eigenvalue weighted by atomic mass is 16.2. The molecule has 0 saturated heterocycles. The summed E-state index contributed by atoms with van der Waals surface area (Å²) in [5, 5.41) is 3.98. The molecule has 0 aromatic carbocycles. The van der Waals surface area contributed by atoms with Gasteiger partial charge >= 0.3 is 0 Å². The number of nitrogen functional groups attached to an aromatic ring is 1. The Balaban J connectivity index is 2.45. The van der Waals surface area contributed by atoms with Crippen LogP contribution >= 0.6 is 0 Å². The van der Waals surface area contributed by atoms with Gasteiger partial charge in [-0.05, 0) is 5.92 Å². The number of likely N-dealkylation sites (N-methyl/N-ethyl adjacent to an activating group) is 1. The molecule has 1 heterocycles. The molecule has 1 rings (SSSR count). The van der Waals surface area contributed by atoms with Crippen LogP contribution in [0, 0.1) is 5.92 Å². The SMILES string of the molecule is CCC(C)CN(C)C(=O)Cn1cc(N)cn1. The molecule has 2 N–H and O–H groups in total. The molecule has 0 radical (unpaired) electrons. The zero-order valence-corrected chi connectivity index (χ0v) is 10.2. The molecule has 90 valence electrons. The van der Waals surface area contributed by atoms with E-state index in [2.05, 4.69) is 18.9 Å². The molecule has 0 fully saturated rings. The number of nitrogens with two attached hydrogens (primary N) is 1. The van der Waals surface area contributed by atoms with Crippen molar-refractivity contribution >= 4 is 11.6 Å². The fourth-order valence-electron chi connectivity index (χ4n) is 1.42. The first-order chi connectivity index (χ1) is 7.52. The summed E-state index contributed by atoms with van der Waals surface area (Å²) in [5.74, 6) is 0.583. The predicted octanol–water partition coefficient (Wildman–Crippen LogP) is 0.970. The van der Waals surface area contributed by atoms with Crippen LogP contribution in [0.5, 0.6) is 0 Å². The first-order valence-electron chi connectivity index (χ1n) is 5.54. The largest absolute Gasteiger partial charge is 0.396 e. The summed E-state index contributed by atoms with van der Waals surface area (Å²) in [4.78, 5) is 13.5. The van der Waals surface area contributed by atoms with Crippen LogP contribution in [0.25, 0.3) is 0 Å². The standard InChI is InChI=1S/C11H20N4O/c1-4-9(2)6-14(3)11(16)8-15-7-10(12)5-13-15/h5,7,9H,4,6,8,12H2,1-3H3. The maximum absolute atomic E-state index is 11.8. The summed E-state index contributed by atoms with van der Waals surface area (Å²) in [7, 11) is 1.82. The third kappa shape index (κ3) is 3.56. The van der Waals surface area contributed by atoms with Gasteiger partial charge in [-0.15, -0.1) is 0 Å². The highest BCUT2D eigenvalue weighted by Gasteiger charge is 2.12. The van der Waals surface area contributed by atoms with Crippen LogP contribution in [-0.4, -0.2) is 34.2 Å². The molecular weight excluding hydrogens is 204 g/mol. The Morgan fingerprint density at radius 3 is 2.88 bits per heavy atom. The van der Waals surface area contributed by atoms with Gasteiger partial charge in [0.15, 0.2) is 0 Å². The number of rotatable bonds is 5. The van der Waals surface area contributed by atoms with Crippen molar-refractivity contribution in [1.82, 2.24) is 14.7 Å². The van der Waals surface area contributed by atoms with Crippen LogP contribution in [0.1, 0.15) is 20.3 Å². The molecule has 5 heteroatoms. The first-order valence-corrected chi connectivity index (χ1v) is 5.54. The highest BCUT2D eigenvalue weighted by molar-refractivity contribution is 5.75. The van der Waals surface area contributed by atoms with Crippen LogP contribution in [0.3, 0.4) is 0 Å². The molecule has 5 nitrogen and oxygen atoms in total. The van der Waals surface area contributed by atoms with Crippen molar-refractivity contribution in [1.29, 1.82) is 0 Å². The molecule has 0 aliphatic carbocycles. The van der Waals surface area contributed by atoms with Crippen LogP contribution < -0.4 is 5.73 Å². The lowest BCUT2D eigenvalue weighted by Gasteiger charge is -2.20. The maximum atomic E-state index is 11.8. The molecular formula is C11H20N4O. The summed E-state index contributed by atoms with van der Waals surface area (Å²) in [6.07, 6.45) is 4.28. The minimum absolute atomic E-state index is 0.0587. The van der Waals surface area contributed by atoms with Gasteiger partial charge in [-0.1, -0.05) is 20.3 Å². The molecule has 0 aliphatic heterocycles. The highest BCUT2D eigenvalue weighted by Crippen LogP contribution is 2.04. The van der Waals surface area contributed by atoms with Gasteiger partial charge in [-0.2, -0.15) is 5.10 Å². The van der Waals surface area contributed by atoms with E-state index < -0.39 is 0 Å². The Morgan fingerprint density at radius 1 is 1.69 bits per heavy atom. The summed E-state index contributed by atoms with van der Waals surface area (Å²) < 4.78 is 1.56. The second-order valence-corrected chi connectivity index (χ2v) is 4.26. The zero-order valence-electron chi connectivity index (χ0n) is 10.2. The molecule has 1 amide bonds. The van der Waals surface area contributed by atoms with E-state index in [4.69, 9.17) is 5.73 Å². The van der Waals surface area contributed by atoms with Crippen molar-refractivity contribution in [3.05, 3.63) is 12.4 Å². The van der Waals surface area contributed by atoms with E-state index in [1.807, 2.05) is 7.05 Å². The lowest BCUT2D eigenvalue weighted by atomic mass is 10.1. The third-order valence-corrected chi connectivity index (χ3v) is 2.66. The fourth-order valence-corrected chi connectivity index (χ4v) is 1.42. The van der Waals surface area contributed by atoms with Crippen molar-refractivity contribution in [2.45, 2.75) is 26.8 Å². The number of amides is 1. The van der Waals surface area contributed by atoms with Gasteiger partial charge in [0.1, 0.15) is 6.54 Å². The van der Waals surface area contributed by atoms with E-state index in [-0.39, 0.29) is 12.5 Å². The Kier molecular flexibility index (Phi) is 4.34. The van der Waals surface area contributed by atoms with Crippen molar-refractivity contribution in [3.63, 3.8) is 0 Å². The second-order valence-electron chi connectivity index (χ2n) is 4.26. The summed E-state index contributed by atoms with van der Waals surface area (Å²) in [5.41, 5.74) is 6.11. The Bertz CT molecular complexity index is 348. The normalized spacial score (nSPS) is 12.4. The van der Waals surface area contributed by atoms with E-state index in [1.165, 1.54) is 0 Å². The van der Waals surface area contributed by atoms with Gasteiger partial charge in [-0.3, -0.25) is 9.48 Å². The van der Waals surface area contributed by atoms with E-state index >= 15 is 0 Å². The number of carbonyl (C=O) groups excluding carboxylic acids is 1. The lowest BCUT2D eigenvalue weighted by molar-refractivity contribution is -0.131. The number of aromatic nitrogens is 2. The Hall–Kier alpha value is -1.52. The number of anilines is 1. The van der Waals surface area contributed by atoms with Crippen molar-refractivity contribution < 1.29 is 4.79 Å². The zero-order chi connectivity index (χ0) is 12.1. The molecule has 0 spiro atoms. The number of nitrogens with zero attached hydrogens (tertiary/aromatic N) is 3. The predicted molar refractivity (Wildman–Crippen MR) is 63.7 cm³/mol. The van der Waals surface area contributed by atoms with E-state index in [0.29, 0.717) is 11.6 Å². The Morgan fingerprint density at radius 2 is 2.38 bits per heavy atom. The minimum Gasteiger partial charge on any atom is -0.396 e. The maximum Gasteiger partial charge on any atom is 0.244 e. The number of hydrogen-bond acceptors (Lipinski definition) is 3. The summed E-state index contributed by atoms with van der Waals surface area (Å²) in [6, 6.07) is 0. The topological polar surface area (TPSA) is 64.2 Å². The summed E-state index contributed by atoms with van der Waals surface area (Å²) in [6.45, 7) is 5.29. The average molecular weight is 224 g/mol. The quantitative estimate of drug-likeness (QED) is 0.810. The molecule has 1 aromatic rings. The van der Waals surface area contributed by atoms with Crippen molar-refractivity contribution in [2.24, 2.45) is 5.92 Å². The minimum atomic E-state index is 0.0587. The second kappa shape index (κ2) is 5.53. The van der Waals surface area contributed by atoms with Crippen LogP contribution in [0.15, 0.2) is 12.4 Å². The first kappa shape index (κ1) is 12.5. The fraction of sp³-hybridized carbons (Fsp3) is 0.636. The van der Waals surface area contributed by atoms with Crippen molar-refractivity contribution in [3.8, 4) is 0 Å². The third-order valence-electron chi connectivity index (χ3n) is 2.66. The van der Waals surface area contributed by atoms with Gasteiger partial charge in [-0.25, -0.2) is 0 Å². The van der Waals surface area contributed by atoms with Gasteiger partial charge in [0.05, 0.1) is 11.9 Å². The van der Waals surface area contributed by atoms with E-state index in [0.717, 1.165) is 13.0 Å². The molecule has 1 aromatic heterocycles. The van der Waals surface area contributed by atoms with E-state index in [9.17, 15) is 4.79 Å². The average Bonchev–Trinajstić information content (AvgIpc) is 2.63. The smallest absolute Gasteiger partial charge is 0.244 e. The summed E-state index contributed by atoms with van der Waals surface area (Å²) >= 11 is 0. The van der Waals surface area contributed by atoms with Gasteiger partial charge < -0.3 is 10.6 Å². The van der Waals surface area contributed by atoms with Crippen molar-refractivity contribution in [2.75, 3.05) is 19.3 Å². The van der Waals surface area contributed by atoms with Crippen LogP contribution in [0.4, 0.5) is 5.69 Å². The monoisotopic (exact) mass is 224 g/mol. The molecule has 0 bridgehead atoms. The number of carbonyl (C=O) groups is 1. The van der Waals surface area contributed by atoms with E-state index in [1.54, 1.807) is 22.0 Å². The molecule has 1 unspecified atom stereocenters. The van der Waals surface area contributed by atoms with Crippen LogP contribution in [0.2, 0.25) is 0 Å². The van der Waals surface area contributed by atoms with Crippen LogP contribution in [-0.2, 0) is 11.3 Å². The molecule has 0 saturated carbocycles. The van der Waals surface area contributed by atoms with Gasteiger partial charge in [0.25, 0.3) is 0 Å². The lowest BCUT2D eigenvalue weighted by Crippen LogP contribution is -2.33. The number of hydrogen-bond donors (Lipinski definition) is 1. The Labute approximate surface area is 96.2 Å². The van der Waals surface area contributed by atoms with Gasteiger partial charge in [0.2, 0.25) is 5.91 Å². The molecule has 16 heavy (non-hydrogen) atoms.